The lowest BCUT2D eigenvalue weighted by atomic mass is 9.89. The van der Waals surface area contributed by atoms with Crippen molar-refractivity contribution in [2.75, 3.05) is 6.61 Å². The van der Waals surface area contributed by atoms with Crippen molar-refractivity contribution >= 4 is 5.97 Å². The van der Waals surface area contributed by atoms with E-state index < -0.39 is 37.6 Å². The molecule has 2 aliphatic carbocycles. The van der Waals surface area contributed by atoms with Crippen molar-refractivity contribution in [3.05, 3.63) is 0 Å². The number of carbonyl (C=O) groups is 1. The number of esters is 1. The first-order valence-corrected chi connectivity index (χ1v) is 7.56. The largest absolute Gasteiger partial charge is 0.477 e. The van der Waals surface area contributed by atoms with Gasteiger partial charge >= 0.3 is 18.2 Å². The van der Waals surface area contributed by atoms with Crippen LogP contribution in [-0.4, -0.2) is 36.3 Å². The van der Waals surface area contributed by atoms with E-state index in [-0.39, 0.29) is 18.3 Å². The maximum Gasteiger partial charge on any atom is 0.477 e. The number of rotatable bonds is 7. The summed E-state index contributed by atoms with van der Waals surface area (Å²) in [6, 6.07) is -4.77. The Morgan fingerprint density at radius 2 is 1.91 bits per heavy atom. The molecule has 4 nitrogen and oxygen atoms in total. The zero-order chi connectivity index (χ0) is 17.3. The highest BCUT2D eigenvalue weighted by atomic mass is 19.4. The second-order valence-corrected chi connectivity index (χ2v) is 6.18. The average molecular weight is 346 g/mol. The van der Waals surface area contributed by atoms with E-state index in [1.807, 2.05) is 0 Å². The molecule has 23 heavy (non-hydrogen) atoms. The van der Waals surface area contributed by atoms with Crippen molar-refractivity contribution < 1.29 is 41.3 Å². The summed E-state index contributed by atoms with van der Waals surface area (Å²) >= 11 is 0. The first-order valence-electron chi connectivity index (χ1n) is 7.56. The molecule has 2 rings (SSSR count). The average Bonchev–Trinajstić information content (AvgIpc) is 3.05. The Morgan fingerprint density at radius 1 is 1.22 bits per heavy atom. The van der Waals surface area contributed by atoms with Gasteiger partial charge in [0.15, 0.2) is 0 Å². The van der Waals surface area contributed by atoms with Gasteiger partial charge in [-0.25, -0.2) is 4.39 Å². The summed E-state index contributed by atoms with van der Waals surface area (Å²) in [5.41, 5.74) is 0. The van der Waals surface area contributed by atoms with Gasteiger partial charge < -0.3 is 14.6 Å². The monoisotopic (exact) mass is 346 g/mol. The first-order chi connectivity index (χ1) is 10.6. The second-order valence-electron chi connectivity index (χ2n) is 6.18. The minimum atomic E-state index is -5.59. The van der Waals surface area contributed by atoms with Crippen LogP contribution in [-0.2, 0) is 14.3 Å². The number of fused-ring (bicyclic) bond motifs is 2. The van der Waals surface area contributed by atoms with Crippen LogP contribution < -0.4 is 0 Å². The molecule has 9 heteroatoms. The molecule has 0 aromatic heterocycles. The Morgan fingerprint density at radius 3 is 2.43 bits per heavy atom. The van der Waals surface area contributed by atoms with E-state index in [4.69, 9.17) is 5.11 Å². The maximum atomic E-state index is 13.5. The van der Waals surface area contributed by atoms with E-state index in [0.717, 1.165) is 19.3 Å². The molecule has 134 valence electrons. The molecular weight excluding hydrogens is 327 g/mol. The van der Waals surface area contributed by atoms with E-state index in [1.54, 1.807) is 0 Å². The summed E-state index contributed by atoms with van der Waals surface area (Å²) in [5.74, 6) is -0.197. The molecule has 0 saturated heterocycles. The highest BCUT2D eigenvalue weighted by Gasteiger charge is 2.57. The predicted octanol–water partition coefficient (Wildman–Crippen LogP) is 3.24. The number of aliphatic hydroxyl groups is 1. The minimum absolute atomic E-state index is 0.233. The third-order valence-corrected chi connectivity index (χ3v) is 4.50. The predicted molar refractivity (Wildman–Crippen MR) is 67.2 cm³/mol. The lowest BCUT2D eigenvalue weighted by molar-refractivity contribution is -0.424. The van der Waals surface area contributed by atoms with Crippen LogP contribution in [0.5, 0.6) is 0 Å². The van der Waals surface area contributed by atoms with Crippen molar-refractivity contribution in [2.45, 2.75) is 57.1 Å². The van der Waals surface area contributed by atoms with Crippen LogP contribution in [0.3, 0.4) is 0 Å². The van der Waals surface area contributed by atoms with Crippen LogP contribution in [0.25, 0.3) is 0 Å². The molecule has 2 saturated carbocycles. The van der Waals surface area contributed by atoms with Gasteiger partial charge in [-0.05, 0) is 37.5 Å². The fraction of sp³-hybridized carbons (Fsp3) is 0.929. The van der Waals surface area contributed by atoms with E-state index in [1.165, 1.54) is 0 Å². The molecule has 0 amide bonds. The Balaban J connectivity index is 1.64. The second kappa shape index (κ2) is 6.88. The number of alkyl halides is 5. The molecule has 5 atom stereocenters. The fourth-order valence-electron chi connectivity index (χ4n) is 3.34. The Bertz CT molecular complexity index is 426. The van der Waals surface area contributed by atoms with Crippen LogP contribution >= 0.6 is 0 Å². The van der Waals surface area contributed by atoms with Gasteiger partial charge in [-0.15, -0.1) is 0 Å². The molecule has 0 aliphatic heterocycles. The zero-order valence-corrected chi connectivity index (χ0v) is 12.3. The van der Waals surface area contributed by atoms with Gasteiger partial charge in [-0.1, -0.05) is 6.42 Å². The van der Waals surface area contributed by atoms with Crippen LogP contribution in [0.15, 0.2) is 0 Å². The van der Waals surface area contributed by atoms with Crippen LogP contribution in [0.1, 0.15) is 38.5 Å². The highest BCUT2D eigenvalue weighted by Crippen LogP contribution is 2.48. The van der Waals surface area contributed by atoms with E-state index in [0.29, 0.717) is 12.3 Å². The quantitative estimate of drug-likeness (QED) is 0.333. The molecule has 0 heterocycles. The van der Waals surface area contributed by atoms with E-state index in [2.05, 4.69) is 9.47 Å². The summed E-state index contributed by atoms with van der Waals surface area (Å²) < 4.78 is 70.3. The first kappa shape index (κ1) is 18.4. The highest BCUT2D eigenvalue weighted by molar-refractivity contribution is 5.73. The summed E-state index contributed by atoms with van der Waals surface area (Å²) in [5, 5.41) is 8.37. The molecule has 2 aliphatic rings. The molecule has 0 aromatic rings. The molecule has 2 fully saturated rings. The van der Waals surface area contributed by atoms with Gasteiger partial charge in [0.25, 0.3) is 0 Å². The van der Waals surface area contributed by atoms with Crippen molar-refractivity contribution in [1.29, 1.82) is 0 Å². The third-order valence-electron chi connectivity index (χ3n) is 4.50. The summed E-state index contributed by atoms with van der Waals surface area (Å²) in [7, 11) is 0. The van der Waals surface area contributed by atoms with Gasteiger partial charge in [0, 0.05) is 6.42 Å². The number of hydrogen-bond donors (Lipinski definition) is 1. The normalized spacial score (nSPS) is 31.0. The van der Waals surface area contributed by atoms with E-state index >= 15 is 0 Å². The summed E-state index contributed by atoms with van der Waals surface area (Å²) in [4.78, 5) is 11.8. The standard InChI is InChI=1S/C14H19F5O4/c15-11(2-1-5-22-14(19,21)13(16,17)18)23-12(20)10-7-8-3-4-9(10)6-8/h8-11,21H,1-7H2. The molecule has 0 spiro atoms. The van der Waals surface area contributed by atoms with Gasteiger partial charge in [-0.3, -0.25) is 4.79 Å². The third kappa shape index (κ3) is 4.53. The maximum absolute atomic E-state index is 13.5. The molecule has 0 radical (unpaired) electrons. The zero-order valence-electron chi connectivity index (χ0n) is 12.3. The van der Waals surface area contributed by atoms with Crippen LogP contribution in [0.4, 0.5) is 22.0 Å². The topological polar surface area (TPSA) is 55.8 Å². The minimum Gasteiger partial charge on any atom is -0.431 e. The van der Waals surface area contributed by atoms with Gasteiger partial charge in [0.1, 0.15) is 0 Å². The molecule has 1 N–H and O–H groups in total. The molecule has 2 bridgehead atoms. The lowest BCUT2D eigenvalue weighted by Gasteiger charge is -2.22. The van der Waals surface area contributed by atoms with Gasteiger partial charge in [0.05, 0.1) is 12.5 Å². The number of hydrogen-bond acceptors (Lipinski definition) is 4. The molecule has 0 aromatic carbocycles. The van der Waals surface area contributed by atoms with Crippen LogP contribution in [0, 0.1) is 17.8 Å². The summed E-state index contributed by atoms with van der Waals surface area (Å²) in [6.07, 6.45) is -4.68. The number of ether oxygens (including phenoxy) is 2. The van der Waals surface area contributed by atoms with Crippen molar-refractivity contribution in [3.63, 3.8) is 0 Å². The Kier molecular flexibility index (Phi) is 5.50. The van der Waals surface area contributed by atoms with E-state index in [9.17, 15) is 26.7 Å². The van der Waals surface area contributed by atoms with Crippen molar-refractivity contribution in [2.24, 2.45) is 17.8 Å². The summed E-state index contributed by atoms with van der Waals surface area (Å²) in [6.45, 7) is -0.862. The van der Waals surface area contributed by atoms with Crippen molar-refractivity contribution in [3.8, 4) is 0 Å². The number of halogens is 5. The van der Waals surface area contributed by atoms with Gasteiger partial charge in [-0.2, -0.15) is 17.6 Å². The molecule has 5 unspecified atom stereocenters. The SMILES string of the molecule is O=C(OC(F)CCCOC(O)(F)C(F)(F)F)C1CC2CCC1C2. The Labute approximate surface area is 129 Å². The van der Waals surface area contributed by atoms with Gasteiger partial charge in [0.2, 0.25) is 6.36 Å². The lowest BCUT2D eigenvalue weighted by Crippen LogP contribution is -2.43. The molecular formula is C14H19F5O4. The fourth-order valence-corrected chi connectivity index (χ4v) is 3.34. The van der Waals surface area contributed by atoms with Crippen LogP contribution in [0.2, 0.25) is 0 Å². The smallest absolute Gasteiger partial charge is 0.431 e. The van der Waals surface area contributed by atoms with Crippen molar-refractivity contribution in [1.82, 2.24) is 0 Å². The Hall–Kier alpha value is -0.960. The number of carbonyl (C=O) groups excluding carboxylic acids is 1.